The summed E-state index contributed by atoms with van der Waals surface area (Å²) in [4.78, 5) is 12.3. The molecule has 0 bridgehead atoms. The first-order chi connectivity index (χ1) is 10.4. The van der Waals surface area contributed by atoms with Gasteiger partial charge in [0.25, 0.3) is 5.91 Å². The van der Waals surface area contributed by atoms with E-state index in [1.54, 1.807) is 19.2 Å². The molecule has 0 aliphatic carbocycles. The van der Waals surface area contributed by atoms with Gasteiger partial charge in [-0.05, 0) is 57.2 Å². The van der Waals surface area contributed by atoms with Crippen molar-refractivity contribution in [1.82, 2.24) is 0 Å². The highest BCUT2D eigenvalue weighted by molar-refractivity contribution is 6.06. The molecule has 0 aromatic heterocycles. The molecule has 0 atom stereocenters. The van der Waals surface area contributed by atoms with Gasteiger partial charge in [0.2, 0.25) is 0 Å². The average molecular weight is 298 g/mol. The zero-order valence-electron chi connectivity index (χ0n) is 13.4. The summed E-state index contributed by atoms with van der Waals surface area (Å²) in [5.74, 6) is 0.375. The molecule has 0 saturated heterocycles. The van der Waals surface area contributed by atoms with E-state index in [0.717, 1.165) is 11.4 Å². The number of rotatable bonds is 4. The quantitative estimate of drug-likeness (QED) is 0.891. The molecule has 0 aliphatic heterocycles. The monoisotopic (exact) mass is 298 g/mol. The summed E-state index contributed by atoms with van der Waals surface area (Å²) in [5, 5.41) is 6.26. The highest BCUT2D eigenvalue weighted by Gasteiger charge is 2.12. The molecule has 0 spiro atoms. The standard InChI is InChI=1S/C18H22N2O2/c1-18(2,3)20-14-11-9-13(10-12-14)19-17(21)15-7-5-6-8-16(15)22-4/h5-12,20H,1-4H3,(H,19,21). The Morgan fingerprint density at radius 1 is 0.955 bits per heavy atom. The number of hydrogen-bond acceptors (Lipinski definition) is 3. The summed E-state index contributed by atoms with van der Waals surface area (Å²) in [6, 6.07) is 14.8. The van der Waals surface area contributed by atoms with Gasteiger partial charge in [0, 0.05) is 16.9 Å². The molecule has 0 fully saturated rings. The van der Waals surface area contributed by atoms with Crippen molar-refractivity contribution in [2.45, 2.75) is 26.3 Å². The van der Waals surface area contributed by atoms with Crippen LogP contribution in [0.5, 0.6) is 5.75 Å². The van der Waals surface area contributed by atoms with Gasteiger partial charge in [-0.25, -0.2) is 0 Å². The number of amides is 1. The fourth-order valence-electron chi connectivity index (χ4n) is 2.10. The maximum Gasteiger partial charge on any atom is 0.259 e. The van der Waals surface area contributed by atoms with E-state index in [1.807, 2.05) is 36.4 Å². The average Bonchev–Trinajstić information content (AvgIpc) is 2.47. The van der Waals surface area contributed by atoms with Crippen LogP contribution in [-0.2, 0) is 0 Å². The SMILES string of the molecule is COc1ccccc1C(=O)Nc1ccc(NC(C)(C)C)cc1. The van der Waals surface area contributed by atoms with E-state index in [9.17, 15) is 4.79 Å². The minimum Gasteiger partial charge on any atom is -0.496 e. The van der Waals surface area contributed by atoms with Crippen LogP contribution in [0.4, 0.5) is 11.4 Å². The molecule has 0 radical (unpaired) electrons. The molecule has 2 rings (SSSR count). The van der Waals surface area contributed by atoms with E-state index in [1.165, 1.54) is 0 Å². The van der Waals surface area contributed by atoms with Crippen molar-refractivity contribution in [3.63, 3.8) is 0 Å². The second-order valence-corrected chi connectivity index (χ2v) is 6.11. The molecule has 1 amide bonds. The van der Waals surface area contributed by atoms with Gasteiger partial charge in [-0.3, -0.25) is 4.79 Å². The Kier molecular flexibility index (Phi) is 4.71. The highest BCUT2D eigenvalue weighted by Crippen LogP contribution is 2.21. The van der Waals surface area contributed by atoms with E-state index < -0.39 is 0 Å². The summed E-state index contributed by atoms with van der Waals surface area (Å²) < 4.78 is 5.21. The smallest absolute Gasteiger partial charge is 0.259 e. The Hall–Kier alpha value is -2.49. The van der Waals surface area contributed by atoms with Gasteiger partial charge in [-0.2, -0.15) is 0 Å². The number of nitrogens with one attached hydrogen (secondary N) is 2. The second-order valence-electron chi connectivity index (χ2n) is 6.11. The summed E-state index contributed by atoms with van der Waals surface area (Å²) in [6.45, 7) is 6.30. The fraction of sp³-hybridized carbons (Fsp3) is 0.278. The Balaban J connectivity index is 2.09. The van der Waals surface area contributed by atoms with Crippen molar-refractivity contribution in [2.24, 2.45) is 0 Å². The number of para-hydroxylation sites is 1. The van der Waals surface area contributed by atoms with Crippen LogP contribution in [0.2, 0.25) is 0 Å². The highest BCUT2D eigenvalue weighted by atomic mass is 16.5. The number of carbonyl (C=O) groups excluding carboxylic acids is 1. The predicted molar refractivity (Wildman–Crippen MR) is 90.8 cm³/mol. The van der Waals surface area contributed by atoms with E-state index >= 15 is 0 Å². The molecule has 116 valence electrons. The lowest BCUT2D eigenvalue weighted by Gasteiger charge is -2.22. The number of benzene rings is 2. The van der Waals surface area contributed by atoms with Gasteiger partial charge in [-0.15, -0.1) is 0 Å². The molecule has 2 N–H and O–H groups in total. The number of hydrogen-bond donors (Lipinski definition) is 2. The largest absolute Gasteiger partial charge is 0.496 e. The molecule has 2 aromatic rings. The molecule has 4 heteroatoms. The van der Waals surface area contributed by atoms with Crippen LogP contribution in [0.25, 0.3) is 0 Å². The number of methoxy groups -OCH3 is 1. The third-order valence-electron chi connectivity index (χ3n) is 3.01. The van der Waals surface area contributed by atoms with Gasteiger partial charge in [0.15, 0.2) is 0 Å². The molecule has 0 aliphatic rings. The van der Waals surface area contributed by atoms with Gasteiger partial charge in [-0.1, -0.05) is 12.1 Å². The Labute approximate surface area is 131 Å². The van der Waals surface area contributed by atoms with E-state index in [-0.39, 0.29) is 11.4 Å². The summed E-state index contributed by atoms with van der Waals surface area (Å²) in [6.07, 6.45) is 0. The Morgan fingerprint density at radius 3 is 2.14 bits per heavy atom. The summed E-state index contributed by atoms with van der Waals surface area (Å²) in [5.41, 5.74) is 2.28. The van der Waals surface area contributed by atoms with Crippen molar-refractivity contribution in [2.75, 3.05) is 17.7 Å². The molecular formula is C18H22N2O2. The van der Waals surface area contributed by atoms with E-state index in [0.29, 0.717) is 11.3 Å². The van der Waals surface area contributed by atoms with Crippen molar-refractivity contribution < 1.29 is 9.53 Å². The lowest BCUT2D eigenvalue weighted by molar-refractivity contribution is 0.102. The maximum atomic E-state index is 12.3. The topological polar surface area (TPSA) is 50.4 Å². The van der Waals surface area contributed by atoms with E-state index in [4.69, 9.17) is 4.74 Å². The van der Waals surface area contributed by atoms with Crippen molar-refractivity contribution >= 4 is 17.3 Å². The zero-order valence-corrected chi connectivity index (χ0v) is 13.4. The van der Waals surface area contributed by atoms with Crippen molar-refractivity contribution in [3.8, 4) is 5.75 Å². The third-order valence-corrected chi connectivity index (χ3v) is 3.01. The maximum absolute atomic E-state index is 12.3. The molecule has 0 saturated carbocycles. The van der Waals surface area contributed by atoms with Crippen LogP contribution in [0.15, 0.2) is 48.5 Å². The summed E-state index contributed by atoms with van der Waals surface area (Å²) >= 11 is 0. The lowest BCUT2D eigenvalue weighted by Crippen LogP contribution is -2.25. The molecule has 4 nitrogen and oxygen atoms in total. The van der Waals surface area contributed by atoms with Crippen molar-refractivity contribution in [1.29, 1.82) is 0 Å². The zero-order chi connectivity index (χ0) is 16.2. The normalized spacial score (nSPS) is 10.9. The van der Waals surface area contributed by atoms with Gasteiger partial charge in [0.05, 0.1) is 12.7 Å². The second kappa shape index (κ2) is 6.52. The van der Waals surface area contributed by atoms with Crippen LogP contribution >= 0.6 is 0 Å². The predicted octanol–water partition coefficient (Wildman–Crippen LogP) is 4.16. The molecule has 2 aromatic carbocycles. The van der Waals surface area contributed by atoms with Crippen LogP contribution in [0.3, 0.4) is 0 Å². The minimum absolute atomic E-state index is 0.00215. The van der Waals surface area contributed by atoms with Gasteiger partial charge >= 0.3 is 0 Å². The first-order valence-corrected chi connectivity index (χ1v) is 7.22. The van der Waals surface area contributed by atoms with Crippen LogP contribution in [-0.4, -0.2) is 18.6 Å². The van der Waals surface area contributed by atoms with Crippen LogP contribution in [0.1, 0.15) is 31.1 Å². The lowest BCUT2D eigenvalue weighted by atomic mass is 10.1. The third kappa shape index (κ3) is 4.25. The molecular weight excluding hydrogens is 276 g/mol. The van der Waals surface area contributed by atoms with Crippen molar-refractivity contribution in [3.05, 3.63) is 54.1 Å². The summed E-state index contributed by atoms with van der Waals surface area (Å²) in [7, 11) is 1.55. The number of ether oxygens (including phenoxy) is 1. The Bertz CT molecular complexity index is 643. The molecule has 0 heterocycles. The first-order valence-electron chi connectivity index (χ1n) is 7.22. The van der Waals surface area contributed by atoms with Crippen LogP contribution < -0.4 is 15.4 Å². The van der Waals surface area contributed by atoms with Crippen LogP contribution in [0, 0.1) is 0 Å². The first kappa shape index (κ1) is 15.9. The van der Waals surface area contributed by atoms with Gasteiger partial charge < -0.3 is 15.4 Å². The molecule has 22 heavy (non-hydrogen) atoms. The van der Waals surface area contributed by atoms with E-state index in [2.05, 4.69) is 31.4 Å². The number of anilines is 2. The fourth-order valence-corrected chi connectivity index (χ4v) is 2.10. The molecule has 0 unspecified atom stereocenters. The van der Waals surface area contributed by atoms with Gasteiger partial charge in [0.1, 0.15) is 5.75 Å². The Morgan fingerprint density at radius 2 is 1.55 bits per heavy atom. The minimum atomic E-state index is -0.186. The number of carbonyl (C=O) groups is 1.